The number of nitrogens with zero attached hydrogens (tertiary/aromatic N) is 1. The van der Waals surface area contributed by atoms with Crippen molar-refractivity contribution in [3.8, 4) is 0 Å². The summed E-state index contributed by atoms with van der Waals surface area (Å²) < 4.78 is 5.02. The predicted molar refractivity (Wildman–Crippen MR) is 67.3 cm³/mol. The van der Waals surface area contributed by atoms with Crippen molar-refractivity contribution in [3.05, 3.63) is 49.6 Å². The van der Waals surface area contributed by atoms with Gasteiger partial charge in [-0.3, -0.25) is 0 Å². The Hall–Kier alpha value is -1.77. The molecule has 0 aromatic rings. The summed E-state index contributed by atoms with van der Waals surface area (Å²) in [5, 5.41) is 0. The van der Waals surface area contributed by atoms with Crippen LogP contribution in [0.25, 0.3) is 0 Å². The summed E-state index contributed by atoms with van der Waals surface area (Å²) in [5.41, 5.74) is 0. The van der Waals surface area contributed by atoms with Crippen molar-refractivity contribution in [2.45, 2.75) is 6.92 Å². The van der Waals surface area contributed by atoms with E-state index >= 15 is 0 Å². The zero-order chi connectivity index (χ0) is 12.2. The van der Waals surface area contributed by atoms with Crippen LogP contribution in [-0.2, 0) is 4.74 Å². The number of rotatable bonds is 7. The second-order valence-corrected chi connectivity index (χ2v) is 2.95. The maximum Gasteiger partial charge on any atom is 0.410 e. The van der Waals surface area contributed by atoms with E-state index in [9.17, 15) is 4.79 Å². The van der Waals surface area contributed by atoms with E-state index in [4.69, 9.17) is 4.74 Å². The highest BCUT2D eigenvalue weighted by Gasteiger charge is 2.09. The Bertz CT molecular complexity index is 280. The average molecular weight is 221 g/mol. The number of allylic oxidation sites excluding steroid dienone is 4. The van der Waals surface area contributed by atoms with Crippen molar-refractivity contribution in [1.82, 2.24) is 4.90 Å². The van der Waals surface area contributed by atoms with Crippen LogP contribution >= 0.6 is 0 Å². The Morgan fingerprint density at radius 2 is 2.06 bits per heavy atom. The van der Waals surface area contributed by atoms with Gasteiger partial charge < -0.3 is 9.64 Å². The van der Waals surface area contributed by atoms with Crippen LogP contribution in [0.2, 0.25) is 0 Å². The minimum Gasteiger partial charge on any atom is -0.445 e. The van der Waals surface area contributed by atoms with Crippen LogP contribution in [0.15, 0.2) is 49.6 Å². The van der Waals surface area contributed by atoms with Gasteiger partial charge in [-0.1, -0.05) is 37.0 Å². The minimum atomic E-state index is -0.320. The summed E-state index contributed by atoms with van der Waals surface area (Å²) in [6.45, 7) is 10.4. The number of carbonyl (C=O) groups is 1. The summed E-state index contributed by atoms with van der Waals surface area (Å²) in [6.07, 6.45) is 10.2. The van der Waals surface area contributed by atoms with Crippen molar-refractivity contribution < 1.29 is 9.53 Å². The number of amides is 1. The molecule has 0 saturated heterocycles. The van der Waals surface area contributed by atoms with Crippen LogP contribution in [0.4, 0.5) is 4.79 Å². The van der Waals surface area contributed by atoms with Crippen LogP contribution in [0.1, 0.15) is 6.92 Å². The van der Waals surface area contributed by atoms with Crippen LogP contribution in [0.3, 0.4) is 0 Å². The third kappa shape index (κ3) is 6.65. The number of hydrogen-bond acceptors (Lipinski definition) is 2. The number of ether oxygens (including phenoxy) is 1. The van der Waals surface area contributed by atoms with E-state index in [2.05, 4.69) is 13.2 Å². The van der Waals surface area contributed by atoms with Gasteiger partial charge in [0.2, 0.25) is 0 Å². The molecule has 16 heavy (non-hydrogen) atoms. The summed E-state index contributed by atoms with van der Waals surface area (Å²) in [5.74, 6) is 0. The maximum absolute atomic E-state index is 11.4. The molecule has 3 nitrogen and oxygen atoms in total. The predicted octanol–water partition coefficient (Wildman–Crippen LogP) is 2.93. The molecular weight excluding hydrogens is 202 g/mol. The Morgan fingerprint density at radius 1 is 1.31 bits per heavy atom. The fraction of sp³-hybridized carbons (Fsp3) is 0.308. The van der Waals surface area contributed by atoms with E-state index < -0.39 is 0 Å². The molecule has 1 amide bonds. The molecule has 0 atom stereocenters. The average Bonchev–Trinajstić information content (AvgIpc) is 2.30. The molecule has 0 N–H and O–H groups in total. The lowest BCUT2D eigenvalue weighted by Crippen LogP contribution is -2.31. The number of carbonyl (C=O) groups excluding carboxylic acids is 1. The molecule has 3 heteroatoms. The van der Waals surface area contributed by atoms with Crippen LogP contribution < -0.4 is 0 Å². The monoisotopic (exact) mass is 221 g/mol. The minimum absolute atomic E-state index is 0.272. The first kappa shape index (κ1) is 14.2. The molecule has 0 aliphatic heterocycles. The first-order chi connectivity index (χ1) is 7.76. The van der Waals surface area contributed by atoms with Crippen molar-refractivity contribution in [2.24, 2.45) is 0 Å². The van der Waals surface area contributed by atoms with Crippen molar-refractivity contribution in [3.63, 3.8) is 0 Å². The van der Waals surface area contributed by atoms with Gasteiger partial charge in [-0.25, -0.2) is 4.79 Å². The quantitative estimate of drug-likeness (QED) is 0.488. The topological polar surface area (TPSA) is 29.5 Å². The van der Waals surface area contributed by atoms with Gasteiger partial charge in [-0.2, -0.15) is 0 Å². The molecule has 0 radical (unpaired) electrons. The van der Waals surface area contributed by atoms with Gasteiger partial charge in [0.05, 0.1) is 0 Å². The lowest BCUT2D eigenvalue weighted by Gasteiger charge is -2.17. The smallest absolute Gasteiger partial charge is 0.410 e. The lowest BCUT2D eigenvalue weighted by molar-refractivity contribution is 0.118. The molecule has 0 aromatic heterocycles. The van der Waals surface area contributed by atoms with Crippen LogP contribution in [0.5, 0.6) is 0 Å². The number of likely N-dealkylation sites (N-methyl/N-ethyl adjacent to an activating group) is 1. The van der Waals surface area contributed by atoms with Gasteiger partial charge in [-0.05, 0) is 13.0 Å². The molecule has 0 aliphatic carbocycles. The van der Waals surface area contributed by atoms with Crippen LogP contribution in [-0.4, -0.2) is 30.7 Å². The van der Waals surface area contributed by atoms with Gasteiger partial charge in [0.25, 0.3) is 0 Å². The molecule has 0 spiro atoms. The molecule has 0 saturated carbocycles. The summed E-state index contributed by atoms with van der Waals surface area (Å²) in [6, 6.07) is 0. The fourth-order valence-corrected chi connectivity index (χ4v) is 0.976. The Morgan fingerprint density at radius 3 is 2.62 bits per heavy atom. The summed E-state index contributed by atoms with van der Waals surface area (Å²) >= 11 is 0. The molecule has 0 bridgehead atoms. The highest BCUT2D eigenvalue weighted by Crippen LogP contribution is 1.94. The third-order valence-corrected chi connectivity index (χ3v) is 1.79. The summed E-state index contributed by atoms with van der Waals surface area (Å²) in [7, 11) is 0. The zero-order valence-corrected chi connectivity index (χ0v) is 9.76. The standard InChI is InChI=1S/C13H19NO2/c1-4-7-8-9-10-12-16-13(15)14(6-3)11-5-2/h4-5,7-10H,1-2,6,11-12H2,3H3/b8-7-,10-9+. The molecule has 0 heterocycles. The molecule has 0 aromatic carbocycles. The van der Waals surface area contributed by atoms with Gasteiger partial charge in [0.1, 0.15) is 6.61 Å². The highest BCUT2D eigenvalue weighted by atomic mass is 16.6. The van der Waals surface area contributed by atoms with Gasteiger partial charge >= 0.3 is 6.09 Å². The third-order valence-electron chi connectivity index (χ3n) is 1.79. The van der Waals surface area contributed by atoms with E-state index in [0.717, 1.165) is 0 Å². The van der Waals surface area contributed by atoms with Crippen molar-refractivity contribution in [2.75, 3.05) is 19.7 Å². The molecule has 0 unspecified atom stereocenters. The zero-order valence-electron chi connectivity index (χ0n) is 9.76. The molecule has 88 valence electrons. The van der Waals surface area contributed by atoms with Crippen molar-refractivity contribution in [1.29, 1.82) is 0 Å². The Kier molecular flexibility index (Phi) is 8.69. The maximum atomic E-state index is 11.4. The summed E-state index contributed by atoms with van der Waals surface area (Å²) in [4.78, 5) is 13.0. The van der Waals surface area contributed by atoms with E-state index in [1.807, 2.05) is 13.0 Å². The molecule has 0 rings (SSSR count). The van der Waals surface area contributed by atoms with Crippen LogP contribution in [0, 0.1) is 0 Å². The van der Waals surface area contributed by atoms with E-state index in [1.165, 1.54) is 0 Å². The largest absolute Gasteiger partial charge is 0.445 e. The highest BCUT2D eigenvalue weighted by molar-refractivity contribution is 5.67. The molecular formula is C13H19NO2. The molecule has 0 aliphatic rings. The van der Waals surface area contributed by atoms with E-state index in [0.29, 0.717) is 13.1 Å². The fourth-order valence-electron chi connectivity index (χ4n) is 0.976. The van der Waals surface area contributed by atoms with E-state index in [1.54, 1.807) is 35.3 Å². The first-order valence-corrected chi connectivity index (χ1v) is 5.23. The normalized spacial score (nSPS) is 10.6. The first-order valence-electron chi connectivity index (χ1n) is 5.23. The Balaban J connectivity index is 3.86. The second-order valence-electron chi connectivity index (χ2n) is 2.95. The van der Waals surface area contributed by atoms with Gasteiger partial charge in [-0.15, -0.1) is 6.58 Å². The van der Waals surface area contributed by atoms with E-state index in [-0.39, 0.29) is 12.7 Å². The lowest BCUT2D eigenvalue weighted by atomic mass is 10.4. The Labute approximate surface area is 97.4 Å². The van der Waals surface area contributed by atoms with Gasteiger partial charge in [0.15, 0.2) is 0 Å². The SMILES string of the molecule is C=C/C=C\C=C\COC(=O)N(CC)CC=C. The second kappa shape index (κ2) is 9.77. The number of hydrogen-bond donors (Lipinski definition) is 0. The van der Waals surface area contributed by atoms with Crippen molar-refractivity contribution >= 4 is 6.09 Å². The molecule has 0 fully saturated rings. The van der Waals surface area contributed by atoms with Gasteiger partial charge in [0, 0.05) is 13.1 Å².